The second kappa shape index (κ2) is 4.56. The van der Waals surface area contributed by atoms with Gasteiger partial charge in [-0.2, -0.15) is 5.10 Å². The van der Waals surface area contributed by atoms with Crippen LogP contribution in [0.5, 0.6) is 0 Å². The van der Waals surface area contributed by atoms with Gasteiger partial charge in [0.2, 0.25) is 0 Å². The van der Waals surface area contributed by atoms with Gasteiger partial charge in [0.05, 0.1) is 11.6 Å². The first kappa shape index (κ1) is 13.3. The largest absolute Gasteiger partial charge is 0.351 e. The second-order valence-corrected chi connectivity index (χ2v) is 6.60. The highest BCUT2D eigenvalue weighted by Gasteiger charge is 2.34. The molecule has 0 atom stereocenters. The fraction of sp³-hybridized carbons (Fsp3) is 0.438. The minimum atomic E-state index is 0.0179. The number of fused-ring (bicyclic) bond motifs is 2. The molecule has 3 aromatic heterocycles. The summed E-state index contributed by atoms with van der Waals surface area (Å²) < 4.78 is 0. The summed E-state index contributed by atoms with van der Waals surface area (Å²) in [5, 5.41) is 8.53. The van der Waals surface area contributed by atoms with Gasteiger partial charge >= 0.3 is 0 Å². The van der Waals surface area contributed by atoms with E-state index in [2.05, 4.69) is 50.8 Å². The Kier molecular flexibility index (Phi) is 2.76. The number of nitrogens with one attached hydrogen (secondary N) is 2. The molecular weight excluding hydrogens is 276 g/mol. The summed E-state index contributed by atoms with van der Waals surface area (Å²) >= 11 is 0. The molecule has 0 aromatic carbocycles. The molecule has 6 nitrogen and oxygen atoms in total. The van der Waals surface area contributed by atoms with Crippen LogP contribution in [-0.4, -0.2) is 31.7 Å². The normalized spacial score (nSPS) is 17.0. The maximum Gasteiger partial charge on any atom is 0.143 e. The lowest BCUT2D eigenvalue weighted by Crippen LogP contribution is -2.42. The van der Waals surface area contributed by atoms with Crippen LogP contribution in [0.2, 0.25) is 0 Å². The topological polar surface area (TPSA) is 73.5 Å². The summed E-state index contributed by atoms with van der Waals surface area (Å²) in [5.74, 6) is 1.02. The predicted molar refractivity (Wildman–Crippen MR) is 85.9 cm³/mol. The molecule has 0 aliphatic carbocycles. The molecule has 2 N–H and O–H groups in total. The third-order valence-corrected chi connectivity index (χ3v) is 4.55. The van der Waals surface area contributed by atoms with Crippen molar-refractivity contribution in [2.75, 3.05) is 11.4 Å². The van der Waals surface area contributed by atoms with E-state index in [0.29, 0.717) is 0 Å². The van der Waals surface area contributed by atoms with Gasteiger partial charge in [0, 0.05) is 36.0 Å². The molecule has 0 saturated carbocycles. The van der Waals surface area contributed by atoms with Gasteiger partial charge in [-0.15, -0.1) is 0 Å². The first-order valence-corrected chi connectivity index (χ1v) is 7.69. The van der Waals surface area contributed by atoms with E-state index < -0.39 is 0 Å². The minimum Gasteiger partial charge on any atom is -0.351 e. The van der Waals surface area contributed by atoms with Crippen LogP contribution in [0.3, 0.4) is 0 Å². The molecule has 1 aliphatic heterocycles. The van der Waals surface area contributed by atoms with Crippen LogP contribution in [0, 0.1) is 0 Å². The van der Waals surface area contributed by atoms with E-state index in [1.165, 1.54) is 16.8 Å². The van der Waals surface area contributed by atoms with Crippen LogP contribution in [-0.2, 0) is 18.4 Å². The molecule has 114 valence electrons. The lowest BCUT2D eigenvalue weighted by molar-refractivity contribution is 0.462. The third-order valence-electron chi connectivity index (χ3n) is 4.55. The summed E-state index contributed by atoms with van der Waals surface area (Å²) in [5.41, 5.74) is 4.68. The highest BCUT2D eigenvalue weighted by atomic mass is 15.2. The van der Waals surface area contributed by atoms with Crippen molar-refractivity contribution in [3.63, 3.8) is 0 Å². The van der Waals surface area contributed by atoms with E-state index in [1.54, 1.807) is 6.33 Å². The molecule has 0 unspecified atom stereocenters. The molecule has 3 aromatic rings. The van der Waals surface area contributed by atoms with Crippen molar-refractivity contribution in [2.45, 2.75) is 39.2 Å². The van der Waals surface area contributed by atoms with Gasteiger partial charge in [0.25, 0.3) is 0 Å². The summed E-state index contributed by atoms with van der Waals surface area (Å²) in [4.78, 5) is 14.6. The molecule has 22 heavy (non-hydrogen) atoms. The van der Waals surface area contributed by atoms with Crippen LogP contribution in [0.15, 0.2) is 18.7 Å². The number of aryl methyl sites for hydroxylation is 1. The molecule has 0 radical (unpaired) electrons. The number of aromatic nitrogens is 5. The molecule has 0 saturated heterocycles. The highest BCUT2D eigenvalue weighted by molar-refractivity contribution is 5.91. The molecule has 6 heteroatoms. The highest BCUT2D eigenvalue weighted by Crippen LogP contribution is 2.36. The van der Waals surface area contributed by atoms with E-state index in [9.17, 15) is 0 Å². The predicted octanol–water partition coefficient (Wildman–Crippen LogP) is 2.54. The van der Waals surface area contributed by atoms with E-state index in [-0.39, 0.29) is 5.41 Å². The quantitative estimate of drug-likeness (QED) is 0.762. The van der Waals surface area contributed by atoms with E-state index in [0.717, 1.165) is 36.4 Å². The van der Waals surface area contributed by atoms with Crippen molar-refractivity contribution in [2.24, 2.45) is 0 Å². The zero-order valence-electron chi connectivity index (χ0n) is 13.1. The summed E-state index contributed by atoms with van der Waals surface area (Å²) in [7, 11) is 0. The number of hydrogen-bond donors (Lipinski definition) is 2. The lowest BCUT2D eigenvalue weighted by Gasteiger charge is -2.38. The van der Waals surface area contributed by atoms with E-state index in [4.69, 9.17) is 0 Å². The summed E-state index contributed by atoms with van der Waals surface area (Å²) in [6, 6.07) is 0. The summed E-state index contributed by atoms with van der Waals surface area (Å²) in [6.07, 6.45) is 6.58. The average Bonchev–Trinajstić information content (AvgIpc) is 3.12. The van der Waals surface area contributed by atoms with Crippen LogP contribution in [0.1, 0.15) is 37.6 Å². The number of rotatable bonds is 2. The smallest absolute Gasteiger partial charge is 0.143 e. The number of aromatic amines is 2. The Hall–Kier alpha value is -2.37. The van der Waals surface area contributed by atoms with Crippen molar-refractivity contribution in [1.29, 1.82) is 0 Å². The van der Waals surface area contributed by atoms with Gasteiger partial charge in [0.15, 0.2) is 0 Å². The average molecular weight is 296 g/mol. The van der Waals surface area contributed by atoms with Gasteiger partial charge in [-0.3, -0.25) is 5.10 Å². The molecule has 1 aliphatic rings. The maximum absolute atomic E-state index is 4.60. The fourth-order valence-corrected chi connectivity index (χ4v) is 3.51. The van der Waals surface area contributed by atoms with Gasteiger partial charge in [-0.1, -0.05) is 20.8 Å². The Morgan fingerprint density at radius 2 is 2.18 bits per heavy atom. The van der Waals surface area contributed by atoms with Gasteiger partial charge in [-0.05, 0) is 12.0 Å². The molecule has 4 rings (SSSR count). The molecular formula is C16H20N6. The molecule has 0 fully saturated rings. The van der Waals surface area contributed by atoms with Gasteiger partial charge in [-0.25, -0.2) is 9.97 Å². The van der Waals surface area contributed by atoms with Crippen molar-refractivity contribution in [3.05, 3.63) is 35.5 Å². The first-order valence-electron chi connectivity index (χ1n) is 7.69. The first-order chi connectivity index (χ1) is 10.6. The third kappa shape index (κ3) is 1.83. The minimum absolute atomic E-state index is 0.0179. The number of anilines is 1. The monoisotopic (exact) mass is 296 g/mol. The van der Waals surface area contributed by atoms with Crippen molar-refractivity contribution < 1.29 is 0 Å². The van der Waals surface area contributed by atoms with Crippen molar-refractivity contribution in [3.8, 4) is 0 Å². The van der Waals surface area contributed by atoms with Crippen molar-refractivity contribution >= 4 is 16.9 Å². The molecule has 0 bridgehead atoms. The zero-order valence-corrected chi connectivity index (χ0v) is 13.1. The van der Waals surface area contributed by atoms with Gasteiger partial charge in [0.1, 0.15) is 17.8 Å². The standard InChI is InChI=1S/C16H20N6/c1-4-10-5-17-14-12(10)15(19-9-18-14)22-7-11-6-20-21-13(11)16(2,3)8-22/h5-6,9H,4,7-8H2,1-3H3,(H,20,21)(H,17,18,19). The maximum atomic E-state index is 4.60. The Bertz CT molecular complexity index is 828. The Balaban J connectivity index is 1.85. The second-order valence-electron chi connectivity index (χ2n) is 6.60. The van der Waals surface area contributed by atoms with Crippen molar-refractivity contribution in [1.82, 2.24) is 25.1 Å². The lowest BCUT2D eigenvalue weighted by atomic mass is 9.83. The van der Waals surface area contributed by atoms with Crippen LogP contribution in [0.4, 0.5) is 5.82 Å². The Morgan fingerprint density at radius 1 is 1.32 bits per heavy atom. The fourth-order valence-electron chi connectivity index (χ4n) is 3.51. The van der Waals surface area contributed by atoms with Gasteiger partial charge < -0.3 is 9.88 Å². The van der Waals surface area contributed by atoms with E-state index in [1.807, 2.05) is 12.4 Å². The molecule has 4 heterocycles. The number of nitrogens with zero attached hydrogens (tertiary/aromatic N) is 4. The SMILES string of the molecule is CCc1c[nH]c2ncnc(N3Cc4cn[nH]c4C(C)(C)C3)c12. The number of hydrogen-bond acceptors (Lipinski definition) is 4. The number of H-pyrrole nitrogens is 2. The van der Waals surface area contributed by atoms with Crippen LogP contribution in [0.25, 0.3) is 11.0 Å². The van der Waals surface area contributed by atoms with E-state index >= 15 is 0 Å². The molecule has 0 amide bonds. The van der Waals surface area contributed by atoms with Crippen LogP contribution < -0.4 is 4.90 Å². The molecule has 0 spiro atoms. The van der Waals surface area contributed by atoms with Crippen LogP contribution >= 0.6 is 0 Å². The zero-order chi connectivity index (χ0) is 15.3. The Labute approximate surface area is 129 Å². The summed E-state index contributed by atoms with van der Waals surface area (Å²) in [6.45, 7) is 8.38. The Morgan fingerprint density at radius 3 is 3.00 bits per heavy atom.